The van der Waals surface area contributed by atoms with Crippen LogP contribution < -0.4 is 20.5 Å². The maximum atomic E-state index is 12.2. The Balaban J connectivity index is 0.00000192. The molecule has 128 valence electrons. The largest absolute Gasteiger partial charge is 0.486 e. The predicted octanol–water partition coefficient (Wildman–Crippen LogP) is 1.56. The molecule has 2 aliphatic rings. The molecule has 3 atom stereocenters. The second-order valence-corrected chi connectivity index (χ2v) is 5.69. The second-order valence-electron chi connectivity index (χ2n) is 5.69. The average molecular weight is 343 g/mol. The minimum atomic E-state index is -0.395. The summed E-state index contributed by atoms with van der Waals surface area (Å²) in [6.07, 6.45) is 1.17. The van der Waals surface area contributed by atoms with Gasteiger partial charge in [0.15, 0.2) is 11.5 Å². The summed E-state index contributed by atoms with van der Waals surface area (Å²) in [5.74, 6) is 1.39. The Bertz CT molecular complexity index is 555. The van der Waals surface area contributed by atoms with E-state index in [0.29, 0.717) is 19.8 Å². The minimum absolute atomic E-state index is 0. The highest BCUT2D eigenvalue weighted by Gasteiger charge is 2.30. The van der Waals surface area contributed by atoms with Crippen molar-refractivity contribution >= 4 is 18.3 Å². The van der Waals surface area contributed by atoms with Gasteiger partial charge in [-0.05, 0) is 37.5 Å². The van der Waals surface area contributed by atoms with Crippen molar-refractivity contribution in [3.8, 4) is 11.5 Å². The zero-order valence-electron chi connectivity index (χ0n) is 13.1. The van der Waals surface area contributed by atoms with Crippen LogP contribution in [-0.4, -0.2) is 37.9 Å². The molecule has 1 aromatic rings. The van der Waals surface area contributed by atoms with Gasteiger partial charge in [0, 0.05) is 6.54 Å². The van der Waals surface area contributed by atoms with Gasteiger partial charge >= 0.3 is 0 Å². The van der Waals surface area contributed by atoms with Gasteiger partial charge in [-0.3, -0.25) is 4.79 Å². The summed E-state index contributed by atoms with van der Waals surface area (Å²) in [5, 5.41) is 2.99. The molecule has 1 amide bonds. The van der Waals surface area contributed by atoms with Gasteiger partial charge < -0.3 is 25.3 Å². The third kappa shape index (κ3) is 4.07. The Morgan fingerprint density at radius 3 is 2.74 bits per heavy atom. The molecule has 2 aliphatic heterocycles. The molecular weight excluding hydrogens is 320 g/mol. The molecule has 0 spiro atoms. The molecule has 0 aliphatic carbocycles. The standard InChI is InChI=1S/C16H22N2O4.ClH/c1-10(18-16(19)14-5-3-12(9-17)22-14)11-2-4-13-15(8-11)21-7-6-20-13;/h2,4,8,10,12,14H,3,5-7,9,17H2,1H3,(H,18,19);1H/t10?,12-,14+;/m1./s1. The predicted molar refractivity (Wildman–Crippen MR) is 88.2 cm³/mol. The van der Waals surface area contributed by atoms with Crippen LogP contribution in [0.2, 0.25) is 0 Å². The molecule has 6 nitrogen and oxygen atoms in total. The number of fused-ring (bicyclic) bond motifs is 1. The molecule has 7 heteroatoms. The zero-order valence-corrected chi connectivity index (χ0v) is 13.9. The van der Waals surface area contributed by atoms with Crippen molar-refractivity contribution in [2.45, 2.75) is 38.0 Å². The van der Waals surface area contributed by atoms with Crippen LogP contribution in [0.1, 0.15) is 31.4 Å². The number of carbonyl (C=O) groups excluding carboxylic acids is 1. The lowest BCUT2D eigenvalue weighted by Gasteiger charge is -2.22. The molecule has 0 saturated carbocycles. The van der Waals surface area contributed by atoms with Crippen molar-refractivity contribution in [2.24, 2.45) is 5.73 Å². The number of ether oxygens (including phenoxy) is 3. The van der Waals surface area contributed by atoms with Crippen molar-refractivity contribution < 1.29 is 19.0 Å². The number of nitrogens with two attached hydrogens (primary N) is 1. The Hall–Kier alpha value is -1.50. The van der Waals surface area contributed by atoms with Crippen LogP contribution in [-0.2, 0) is 9.53 Å². The van der Waals surface area contributed by atoms with Crippen LogP contribution in [0.3, 0.4) is 0 Å². The second kappa shape index (κ2) is 7.86. The van der Waals surface area contributed by atoms with E-state index < -0.39 is 6.10 Å². The van der Waals surface area contributed by atoms with Gasteiger partial charge in [0.25, 0.3) is 0 Å². The van der Waals surface area contributed by atoms with E-state index in [0.717, 1.165) is 29.9 Å². The number of hydrogen-bond donors (Lipinski definition) is 2. The van der Waals surface area contributed by atoms with Gasteiger partial charge in [-0.2, -0.15) is 0 Å². The third-order valence-corrected chi connectivity index (χ3v) is 4.09. The number of halogens is 1. The normalized spacial score (nSPS) is 23.7. The average Bonchev–Trinajstić information content (AvgIpc) is 3.03. The molecule has 3 rings (SSSR count). The van der Waals surface area contributed by atoms with Crippen molar-refractivity contribution in [3.63, 3.8) is 0 Å². The molecule has 1 aromatic carbocycles. The third-order valence-electron chi connectivity index (χ3n) is 4.09. The Morgan fingerprint density at radius 2 is 2.04 bits per heavy atom. The zero-order chi connectivity index (χ0) is 15.5. The number of rotatable bonds is 4. The molecule has 1 unspecified atom stereocenters. The maximum Gasteiger partial charge on any atom is 0.249 e. The van der Waals surface area contributed by atoms with E-state index in [1.165, 1.54) is 0 Å². The van der Waals surface area contributed by atoms with Crippen LogP contribution >= 0.6 is 12.4 Å². The Labute approximate surface area is 142 Å². The molecule has 1 fully saturated rings. The van der Waals surface area contributed by atoms with E-state index in [1.807, 2.05) is 25.1 Å². The molecule has 3 N–H and O–H groups in total. The summed E-state index contributed by atoms with van der Waals surface area (Å²) < 4.78 is 16.7. The summed E-state index contributed by atoms with van der Waals surface area (Å²) in [7, 11) is 0. The number of hydrogen-bond acceptors (Lipinski definition) is 5. The molecular formula is C16H23ClN2O4. The number of benzene rings is 1. The fraction of sp³-hybridized carbons (Fsp3) is 0.562. The lowest BCUT2D eigenvalue weighted by molar-refractivity contribution is -0.132. The molecule has 0 aromatic heterocycles. The maximum absolute atomic E-state index is 12.2. The topological polar surface area (TPSA) is 82.8 Å². The highest BCUT2D eigenvalue weighted by Crippen LogP contribution is 2.32. The van der Waals surface area contributed by atoms with E-state index in [1.54, 1.807) is 0 Å². The number of amides is 1. The van der Waals surface area contributed by atoms with Crippen molar-refractivity contribution in [2.75, 3.05) is 19.8 Å². The first-order valence-electron chi connectivity index (χ1n) is 7.73. The van der Waals surface area contributed by atoms with Gasteiger partial charge in [-0.1, -0.05) is 6.07 Å². The first-order chi connectivity index (χ1) is 10.7. The van der Waals surface area contributed by atoms with E-state index in [-0.39, 0.29) is 30.5 Å². The van der Waals surface area contributed by atoms with Gasteiger partial charge in [-0.25, -0.2) is 0 Å². The van der Waals surface area contributed by atoms with E-state index in [4.69, 9.17) is 19.9 Å². The fourth-order valence-electron chi connectivity index (χ4n) is 2.79. The number of carbonyl (C=O) groups is 1. The van der Waals surface area contributed by atoms with Crippen molar-refractivity contribution in [1.82, 2.24) is 5.32 Å². The van der Waals surface area contributed by atoms with Crippen LogP contribution in [0, 0.1) is 0 Å². The van der Waals surface area contributed by atoms with E-state index in [9.17, 15) is 4.79 Å². The van der Waals surface area contributed by atoms with Gasteiger partial charge in [0.05, 0.1) is 12.1 Å². The minimum Gasteiger partial charge on any atom is -0.486 e. The van der Waals surface area contributed by atoms with Gasteiger partial charge in [0.1, 0.15) is 19.3 Å². The Kier molecular flexibility index (Phi) is 6.10. The van der Waals surface area contributed by atoms with Crippen LogP contribution in [0.5, 0.6) is 11.5 Å². The summed E-state index contributed by atoms with van der Waals surface area (Å²) in [5.41, 5.74) is 6.55. The van der Waals surface area contributed by atoms with Gasteiger partial charge in [0.2, 0.25) is 5.91 Å². The smallest absolute Gasteiger partial charge is 0.249 e. The molecule has 0 radical (unpaired) electrons. The van der Waals surface area contributed by atoms with Crippen LogP contribution in [0.15, 0.2) is 18.2 Å². The highest BCUT2D eigenvalue weighted by molar-refractivity contribution is 5.85. The summed E-state index contributed by atoms with van der Waals surface area (Å²) >= 11 is 0. The summed E-state index contributed by atoms with van der Waals surface area (Å²) in [4.78, 5) is 12.2. The molecule has 23 heavy (non-hydrogen) atoms. The first-order valence-corrected chi connectivity index (χ1v) is 7.73. The van der Waals surface area contributed by atoms with Crippen LogP contribution in [0.25, 0.3) is 0 Å². The van der Waals surface area contributed by atoms with Crippen molar-refractivity contribution in [1.29, 1.82) is 0 Å². The lowest BCUT2D eigenvalue weighted by Crippen LogP contribution is -2.37. The van der Waals surface area contributed by atoms with Crippen LogP contribution in [0.4, 0.5) is 0 Å². The lowest BCUT2D eigenvalue weighted by atomic mass is 10.1. The van der Waals surface area contributed by atoms with E-state index >= 15 is 0 Å². The molecule has 2 heterocycles. The molecule has 0 bridgehead atoms. The highest BCUT2D eigenvalue weighted by atomic mass is 35.5. The fourth-order valence-corrected chi connectivity index (χ4v) is 2.79. The first kappa shape index (κ1) is 17.8. The SMILES string of the molecule is CC(NC(=O)[C@@H]1CC[C@H](CN)O1)c1ccc2c(c1)OCCO2.Cl. The monoisotopic (exact) mass is 342 g/mol. The summed E-state index contributed by atoms with van der Waals surface area (Å²) in [6, 6.07) is 5.61. The van der Waals surface area contributed by atoms with Crippen molar-refractivity contribution in [3.05, 3.63) is 23.8 Å². The molecule has 1 saturated heterocycles. The Morgan fingerprint density at radius 1 is 1.30 bits per heavy atom. The summed E-state index contributed by atoms with van der Waals surface area (Å²) in [6.45, 7) is 3.52. The van der Waals surface area contributed by atoms with Gasteiger partial charge in [-0.15, -0.1) is 12.4 Å². The number of nitrogens with one attached hydrogen (secondary N) is 1. The van der Waals surface area contributed by atoms with E-state index in [2.05, 4.69) is 5.32 Å². The quantitative estimate of drug-likeness (QED) is 0.867.